The first-order chi connectivity index (χ1) is 14.8. The molecule has 1 aliphatic rings. The van der Waals surface area contributed by atoms with Crippen molar-refractivity contribution in [1.29, 1.82) is 0 Å². The molecule has 0 amide bonds. The number of aromatic amines is 1. The van der Waals surface area contributed by atoms with Crippen LogP contribution in [0.1, 0.15) is 36.1 Å². The van der Waals surface area contributed by atoms with Gasteiger partial charge in [0.2, 0.25) is 10.0 Å². The van der Waals surface area contributed by atoms with Crippen LogP contribution in [0.4, 0.5) is 10.1 Å². The lowest BCUT2D eigenvalue weighted by atomic mass is 10.1. The van der Waals surface area contributed by atoms with Gasteiger partial charge in [0, 0.05) is 36.2 Å². The van der Waals surface area contributed by atoms with Crippen LogP contribution < -0.4 is 14.8 Å². The molecule has 1 saturated carbocycles. The Balaban J connectivity index is 1.25. The SMILES string of the molecule is CS(=O)(=O)Nc1cc([C@@H](O)CNCCOc2ccc3c(C4CC4)[nH]nc3c2)ccc1F. The highest BCUT2D eigenvalue weighted by molar-refractivity contribution is 7.92. The van der Waals surface area contributed by atoms with Crippen molar-refractivity contribution in [3.05, 3.63) is 53.5 Å². The number of halogens is 1. The van der Waals surface area contributed by atoms with E-state index >= 15 is 0 Å². The fraction of sp³-hybridized carbons (Fsp3) is 0.381. The van der Waals surface area contributed by atoms with Gasteiger partial charge in [0.15, 0.2) is 0 Å². The first kappa shape index (κ1) is 21.5. The summed E-state index contributed by atoms with van der Waals surface area (Å²) in [6, 6.07) is 9.67. The summed E-state index contributed by atoms with van der Waals surface area (Å²) in [7, 11) is -3.62. The molecule has 1 aliphatic carbocycles. The second-order valence-corrected chi connectivity index (χ2v) is 9.52. The molecule has 1 atom stereocenters. The van der Waals surface area contributed by atoms with Crippen LogP contribution in [-0.4, -0.2) is 49.7 Å². The first-order valence-electron chi connectivity index (χ1n) is 10.1. The molecule has 1 aromatic heterocycles. The number of hydrogen-bond acceptors (Lipinski definition) is 6. The number of fused-ring (bicyclic) bond motifs is 1. The van der Waals surface area contributed by atoms with Gasteiger partial charge in [0.25, 0.3) is 0 Å². The molecule has 4 N–H and O–H groups in total. The van der Waals surface area contributed by atoms with Crippen LogP contribution in [0, 0.1) is 5.82 Å². The van der Waals surface area contributed by atoms with Gasteiger partial charge in [-0.3, -0.25) is 9.82 Å². The smallest absolute Gasteiger partial charge is 0.229 e. The maximum atomic E-state index is 13.8. The van der Waals surface area contributed by atoms with E-state index in [-0.39, 0.29) is 12.2 Å². The first-order valence-corrected chi connectivity index (χ1v) is 12.0. The van der Waals surface area contributed by atoms with E-state index in [1.807, 2.05) is 18.2 Å². The normalized spacial score (nSPS) is 15.2. The van der Waals surface area contributed by atoms with Gasteiger partial charge in [0.1, 0.15) is 18.2 Å². The molecule has 3 aromatic rings. The molecule has 0 bridgehead atoms. The molecule has 0 aliphatic heterocycles. The minimum atomic E-state index is -3.62. The summed E-state index contributed by atoms with van der Waals surface area (Å²) in [5, 5.41) is 22.0. The van der Waals surface area contributed by atoms with Crippen LogP contribution in [0.25, 0.3) is 10.9 Å². The van der Waals surface area contributed by atoms with Crippen molar-refractivity contribution in [2.75, 3.05) is 30.7 Å². The van der Waals surface area contributed by atoms with Crippen LogP contribution in [-0.2, 0) is 10.0 Å². The lowest BCUT2D eigenvalue weighted by Gasteiger charge is -2.14. The summed E-state index contributed by atoms with van der Waals surface area (Å²) < 4.78 is 44.3. The third-order valence-electron chi connectivity index (χ3n) is 5.10. The summed E-state index contributed by atoms with van der Waals surface area (Å²) in [6.45, 7) is 1.08. The molecule has 2 aromatic carbocycles. The van der Waals surface area contributed by atoms with E-state index in [0.29, 0.717) is 24.6 Å². The van der Waals surface area contributed by atoms with Gasteiger partial charge in [0.05, 0.1) is 23.6 Å². The van der Waals surface area contributed by atoms with Crippen molar-refractivity contribution in [1.82, 2.24) is 15.5 Å². The van der Waals surface area contributed by atoms with E-state index < -0.39 is 21.9 Å². The molecular weight excluding hydrogens is 423 g/mol. The zero-order chi connectivity index (χ0) is 22.0. The number of anilines is 1. The lowest BCUT2D eigenvalue weighted by molar-refractivity contribution is 0.172. The van der Waals surface area contributed by atoms with Gasteiger partial charge in [-0.1, -0.05) is 6.07 Å². The van der Waals surface area contributed by atoms with Gasteiger partial charge >= 0.3 is 0 Å². The van der Waals surface area contributed by atoms with E-state index in [0.717, 1.165) is 29.0 Å². The number of aromatic nitrogens is 2. The van der Waals surface area contributed by atoms with Crippen molar-refractivity contribution < 1.29 is 22.7 Å². The minimum Gasteiger partial charge on any atom is -0.492 e. The van der Waals surface area contributed by atoms with E-state index in [4.69, 9.17) is 4.74 Å². The average Bonchev–Trinajstić information content (AvgIpc) is 3.47. The predicted molar refractivity (Wildman–Crippen MR) is 116 cm³/mol. The highest BCUT2D eigenvalue weighted by Gasteiger charge is 2.27. The number of nitrogens with one attached hydrogen (secondary N) is 3. The Morgan fingerprint density at radius 3 is 2.84 bits per heavy atom. The van der Waals surface area contributed by atoms with Gasteiger partial charge in [-0.15, -0.1) is 0 Å². The Morgan fingerprint density at radius 2 is 2.10 bits per heavy atom. The third-order valence-corrected chi connectivity index (χ3v) is 5.69. The molecule has 1 fully saturated rings. The number of H-pyrrole nitrogens is 1. The quantitative estimate of drug-likeness (QED) is 0.355. The van der Waals surface area contributed by atoms with Gasteiger partial charge < -0.3 is 15.2 Å². The number of benzene rings is 2. The van der Waals surface area contributed by atoms with Crippen LogP contribution in [0.15, 0.2) is 36.4 Å². The number of aliphatic hydroxyl groups is 1. The molecular formula is C21H25FN4O4S. The van der Waals surface area contributed by atoms with Crippen LogP contribution in [0.5, 0.6) is 5.75 Å². The fourth-order valence-corrected chi connectivity index (χ4v) is 3.97. The molecule has 166 valence electrons. The molecule has 8 nitrogen and oxygen atoms in total. The third kappa shape index (κ3) is 5.52. The Bertz CT molecular complexity index is 1180. The van der Waals surface area contributed by atoms with Crippen molar-refractivity contribution in [2.45, 2.75) is 24.9 Å². The van der Waals surface area contributed by atoms with Gasteiger partial charge in [-0.05, 0) is 42.7 Å². The molecule has 0 radical (unpaired) electrons. The Morgan fingerprint density at radius 1 is 1.29 bits per heavy atom. The maximum absolute atomic E-state index is 13.8. The average molecular weight is 449 g/mol. The summed E-state index contributed by atoms with van der Waals surface area (Å²) in [6.07, 6.45) is 2.43. The van der Waals surface area contributed by atoms with E-state index in [1.165, 1.54) is 30.7 Å². The number of rotatable bonds is 10. The van der Waals surface area contributed by atoms with Crippen molar-refractivity contribution in [3.63, 3.8) is 0 Å². The largest absolute Gasteiger partial charge is 0.492 e. The molecule has 4 rings (SSSR count). The topological polar surface area (TPSA) is 116 Å². The van der Waals surface area contributed by atoms with Gasteiger partial charge in [-0.25, -0.2) is 12.8 Å². The molecule has 0 saturated heterocycles. The van der Waals surface area contributed by atoms with Crippen molar-refractivity contribution in [2.24, 2.45) is 0 Å². The Hall–Kier alpha value is -2.69. The molecule has 31 heavy (non-hydrogen) atoms. The predicted octanol–water partition coefficient (Wildman–Crippen LogP) is 2.65. The minimum absolute atomic E-state index is 0.194. The van der Waals surface area contributed by atoms with Crippen LogP contribution >= 0.6 is 0 Å². The van der Waals surface area contributed by atoms with Crippen LogP contribution in [0.3, 0.4) is 0 Å². The zero-order valence-corrected chi connectivity index (χ0v) is 17.9. The monoisotopic (exact) mass is 448 g/mol. The number of sulfonamides is 1. The maximum Gasteiger partial charge on any atom is 0.229 e. The van der Waals surface area contributed by atoms with Crippen molar-refractivity contribution in [3.8, 4) is 5.75 Å². The van der Waals surface area contributed by atoms with Crippen molar-refractivity contribution >= 4 is 26.6 Å². The Labute approximate surface area is 179 Å². The summed E-state index contributed by atoms with van der Waals surface area (Å²) >= 11 is 0. The summed E-state index contributed by atoms with van der Waals surface area (Å²) in [4.78, 5) is 0. The standard InChI is InChI=1S/C21H25FN4O4S/c1-31(28,29)26-19-10-14(4-7-17(19)22)20(27)12-23-8-9-30-15-5-6-16-18(11-15)24-25-21(16)13-2-3-13/h4-7,10-11,13,20,23,26-27H,2-3,8-9,12H2,1H3,(H,24,25)/t20-/m0/s1. The molecule has 0 spiro atoms. The zero-order valence-electron chi connectivity index (χ0n) is 17.1. The molecule has 10 heteroatoms. The van der Waals surface area contributed by atoms with E-state index in [1.54, 1.807) is 0 Å². The number of ether oxygens (including phenoxy) is 1. The molecule has 0 unspecified atom stereocenters. The van der Waals surface area contributed by atoms with Crippen LogP contribution in [0.2, 0.25) is 0 Å². The van der Waals surface area contributed by atoms with E-state index in [2.05, 4.69) is 20.2 Å². The van der Waals surface area contributed by atoms with E-state index in [9.17, 15) is 17.9 Å². The highest BCUT2D eigenvalue weighted by atomic mass is 32.2. The fourth-order valence-electron chi connectivity index (χ4n) is 3.41. The number of aliphatic hydroxyl groups excluding tert-OH is 1. The number of nitrogens with zero attached hydrogens (tertiary/aromatic N) is 1. The Kier molecular flexibility index (Phi) is 6.12. The summed E-state index contributed by atoms with van der Waals surface area (Å²) in [5.74, 6) is 0.617. The van der Waals surface area contributed by atoms with Gasteiger partial charge in [-0.2, -0.15) is 5.10 Å². The lowest BCUT2D eigenvalue weighted by Crippen LogP contribution is -2.26. The molecule has 1 heterocycles. The second-order valence-electron chi connectivity index (χ2n) is 7.77. The number of hydrogen-bond donors (Lipinski definition) is 4. The highest BCUT2D eigenvalue weighted by Crippen LogP contribution is 2.42. The second kappa shape index (κ2) is 8.81. The summed E-state index contributed by atoms with van der Waals surface area (Å²) in [5.41, 5.74) is 2.29.